The van der Waals surface area contributed by atoms with Gasteiger partial charge in [-0.05, 0) is 40.8 Å². The zero-order valence-electron chi connectivity index (χ0n) is 19.3. The third-order valence-corrected chi connectivity index (χ3v) is 6.45. The maximum absolute atomic E-state index is 13.7. The van der Waals surface area contributed by atoms with Gasteiger partial charge >= 0.3 is 0 Å². The lowest BCUT2D eigenvalue weighted by molar-refractivity contribution is -0.138. The molecule has 0 aromatic heterocycles. The molecule has 2 aliphatic heterocycles. The normalized spacial score (nSPS) is 15.6. The highest BCUT2D eigenvalue weighted by Crippen LogP contribution is 2.38. The first-order chi connectivity index (χ1) is 16.6. The summed E-state index contributed by atoms with van der Waals surface area (Å²) < 4.78 is 10.8. The molecule has 6 heteroatoms. The Morgan fingerprint density at radius 1 is 0.794 bits per heavy atom. The smallest absolute Gasteiger partial charge is 0.278 e. The maximum Gasteiger partial charge on any atom is 0.278 e. The predicted octanol–water partition coefficient (Wildman–Crippen LogP) is 4.04. The number of ether oxygens (including phenoxy) is 2. The van der Waals surface area contributed by atoms with Crippen molar-refractivity contribution in [1.29, 1.82) is 0 Å². The highest BCUT2D eigenvalue weighted by Gasteiger charge is 2.42. The minimum absolute atomic E-state index is 0.225. The monoisotopic (exact) mass is 454 g/mol. The quantitative estimate of drug-likeness (QED) is 0.526. The van der Waals surface area contributed by atoms with Crippen molar-refractivity contribution in [2.75, 3.05) is 20.8 Å². The fraction of sp³-hybridized carbons (Fsp3) is 0.214. The summed E-state index contributed by atoms with van der Waals surface area (Å²) in [6.07, 6.45) is 0.818. The Kier molecular flexibility index (Phi) is 5.80. The number of hydrogen-bond donors (Lipinski definition) is 0. The molecular weight excluding hydrogens is 428 g/mol. The van der Waals surface area contributed by atoms with Crippen LogP contribution in [0.3, 0.4) is 0 Å². The van der Waals surface area contributed by atoms with Gasteiger partial charge in [-0.1, -0.05) is 60.7 Å². The van der Waals surface area contributed by atoms with Crippen molar-refractivity contribution in [2.24, 2.45) is 0 Å². The summed E-state index contributed by atoms with van der Waals surface area (Å²) in [7, 11) is 3.13. The fourth-order valence-electron chi connectivity index (χ4n) is 4.70. The van der Waals surface area contributed by atoms with Crippen LogP contribution in [0.5, 0.6) is 11.5 Å². The van der Waals surface area contributed by atoms with E-state index in [2.05, 4.69) is 12.1 Å². The van der Waals surface area contributed by atoms with Crippen LogP contribution in [0.15, 0.2) is 78.5 Å². The molecule has 0 bridgehead atoms. The Morgan fingerprint density at radius 2 is 1.50 bits per heavy atom. The molecule has 3 aromatic rings. The lowest BCUT2D eigenvalue weighted by atomic mass is 9.97. The molecule has 34 heavy (non-hydrogen) atoms. The molecule has 0 fully saturated rings. The van der Waals surface area contributed by atoms with Gasteiger partial charge in [-0.2, -0.15) is 0 Å². The summed E-state index contributed by atoms with van der Waals surface area (Å²) in [5.74, 6) is 0.517. The Morgan fingerprint density at radius 3 is 2.24 bits per heavy atom. The number of carbonyl (C=O) groups is 2. The molecule has 6 nitrogen and oxygen atoms in total. The van der Waals surface area contributed by atoms with E-state index in [-0.39, 0.29) is 18.4 Å². The lowest BCUT2D eigenvalue weighted by Crippen LogP contribution is -2.37. The van der Waals surface area contributed by atoms with Gasteiger partial charge in [-0.25, -0.2) is 0 Å². The molecule has 0 radical (unpaired) electrons. The van der Waals surface area contributed by atoms with Crippen molar-refractivity contribution >= 4 is 17.4 Å². The van der Waals surface area contributed by atoms with Crippen molar-refractivity contribution in [3.8, 4) is 11.5 Å². The first-order valence-electron chi connectivity index (χ1n) is 11.3. The molecule has 2 aliphatic rings. The number of benzene rings is 3. The highest BCUT2D eigenvalue weighted by atomic mass is 16.5. The van der Waals surface area contributed by atoms with Crippen LogP contribution in [-0.2, 0) is 29.1 Å². The summed E-state index contributed by atoms with van der Waals surface area (Å²) in [5.41, 5.74) is 4.85. The average molecular weight is 455 g/mol. The van der Waals surface area contributed by atoms with E-state index < -0.39 is 0 Å². The van der Waals surface area contributed by atoms with Gasteiger partial charge in [-0.3, -0.25) is 14.5 Å². The number of methoxy groups -OCH3 is 2. The van der Waals surface area contributed by atoms with E-state index >= 15 is 0 Å². The Balaban J connectivity index is 1.59. The Hall–Kier alpha value is -4.06. The Labute approximate surface area is 199 Å². The summed E-state index contributed by atoms with van der Waals surface area (Å²) in [5, 5.41) is 0. The molecule has 0 unspecified atom stereocenters. The standard InChI is InChI=1S/C28H26N2O4/c1-33-23-13-12-21(16-24(23)34-2)25-26(29-15-14-20-10-6-7-11-22(20)18-29)28(32)30(27(25)31)17-19-8-4-3-5-9-19/h3-13,16H,14-15,17-18H2,1-2H3. The highest BCUT2D eigenvalue weighted by molar-refractivity contribution is 6.35. The van der Waals surface area contributed by atoms with Gasteiger partial charge in [-0.15, -0.1) is 0 Å². The molecule has 2 heterocycles. The first kappa shape index (κ1) is 21.8. The van der Waals surface area contributed by atoms with Crippen LogP contribution in [0.1, 0.15) is 22.3 Å². The van der Waals surface area contributed by atoms with Gasteiger partial charge in [0.1, 0.15) is 5.70 Å². The molecule has 0 saturated heterocycles. The van der Waals surface area contributed by atoms with Crippen LogP contribution in [-0.4, -0.2) is 42.4 Å². The van der Waals surface area contributed by atoms with E-state index in [0.29, 0.717) is 41.4 Å². The third kappa shape index (κ3) is 3.81. The molecular formula is C28H26N2O4. The molecule has 0 atom stereocenters. The van der Waals surface area contributed by atoms with Crippen LogP contribution >= 0.6 is 0 Å². The zero-order valence-corrected chi connectivity index (χ0v) is 19.3. The van der Waals surface area contributed by atoms with Gasteiger partial charge < -0.3 is 14.4 Å². The topological polar surface area (TPSA) is 59.1 Å². The lowest BCUT2D eigenvalue weighted by Gasteiger charge is -2.31. The number of rotatable bonds is 6. The minimum Gasteiger partial charge on any atom is -0.493 e. The van der Waals surface area contributed by atoms with Gasteiger partial charge in [0.15, 0.2) is 11.5 Å². The van der Waals surface area contributed by atoms with Crippen LogP contribution in [0.2, 0.25) is 0 Å². The van der Waals surface area contributed by atoms with Crippen LogP contribution < -0.4 is 9.47 Å². The number of fused-ring (bicyclic) bond motifs is 1. The number of nitrogens with zero attached hydrogens (tertiary/aromatic N) is 2. The molecule has 0 spiro atoms. The second kappa shape index (κ2) is 9.06. The molecule has 5 rings (SSSR count). The summed E-state index contributed by atoms with van der Waals surface area (Å²) >= 11 is 0. The first-order valence-corrected chi connectivity index (χ1v) is 11.3. The summed E-state index contributed by atoms with van der Waals surface area (Å²) in [4.78, 5) is 30.9. The average Bonchev–Trinajstić information content (AvgIpc) is 3.13. The van der Waals surface area contributed by atoms with E-state index in [9.17, 15) is 9.59 Å². The van der Waals surface area contributed by atoms with Gasteiger partial charge in [0.25, 0.3) is 11.8 Å². The summed E-state index contributed by atoms with van der Waals surface area (Å²) in [6, 6.07) is 23.2. The number of amides is 2. The third-order valence-electron chi connectivity index (χ3n) is 6.45. The predicted molar refractivity (Wildman–Crippen MR) is 129 cm³/mol. The number of imide groups is 1. The van der Waals surface area contributed by atoms with Crippen molar-refractivity contribution in [3.05, 3.63) is 101 Å². The largest absolute Gasteiger partial charge is 0.493 e. The fourth-order valence-corrected chi connectivity index (χ4v) is 4.70. The number of carbonyl (C=O) groups excluding carboxylic acids is 2. The van der Waals surface area contributed by atoms with E-state index in [4.69, 9.17) is 9.47 Å². The van der Waals surface area contributed by atoms with E-state index in [1.165, 1.54) is 16.0 Å². The molecule has 172 valence electrons. The molecule has 0 saturated carbocycles. The number of hydrogen-bond acceptors (Lipinski definition) is 5. The zero-order chi connectivity index (χ0) is 23.7. The van der Waals surface area contributed by atoms with Gasteiger partial charge in [0, 0.05) is 13.1 Å². The van der Waals surface area contributed by atoms with Gasteiger partial charge in [0.05, 0.1) is 26.3 Å². The second-order valence-electron chi connectivity index (χ2n) is 8.42. The van der Waals surface area contributed by atoms with Crippen molar-refractivity contribution in [1.82, 2.24) is 9.80 Å². The summed E-state index contributed by atoms with van der Waals surface area (Å²) in [6.45, 7) is 1.48. The van der Waals surface area contributed by atoms with Crippen LogP contribution in [0, 0.1) is 0 Å². The van der Waals surface area contributed by atoms with E-state index in [0.717, 1.165) is 12.0 Å². The minimum atomic E-state index is -0.296. The molecule has 0 N–H and O–H groups in total. The van der Waals surface area contributed by atoms with Crippen LogP contribution in [0.25, 0.3) is 5.57 Å². The Bertz CT molecular complexity index is 1280. The van der Waals surface area contributed by atoms with Crippen molar-refractivity contribution in [3.63, 3.8) is 0 Å². The van der Waals surface area contributed by atoms with Crippen molar-refractivity contribution in [2.45, 2.75) is 19.5 Å². The second-order valence-corrected chi connectivity index (χ2v) is 8.42. The SMILES string of the molecule is COc1ccc(C2=C(N3CCc4ccccc4C3)C(=O)N(Cc3ccccc3)C2=O)cc1OC. The van der Waals surface area contributed by atoms with E-state index in [1.54, 1.807) is 26.4 Å². The van der Waals surface area contributed by atoms with Crippen LogP contribution in [0.4, 0.5) is 0 Å². The maximum atomic E-state index is 13.7. The van der Waals surface area contributed by atoms with E-state index in [1.807, 2.05) is 53.4 Å². The molecule has 2 amide bonds. The van der Waals surface area contributed by atoms with Gasteiger partial charge in [0.2, 0.25) is 0 Å². The van der Waals surface area contributed by atoms with Crippen molar-refractivity contribution < 1.29 is 19.1 Å². The molecule has 3 aromatic carbocycles. The molecule has 0 aliphatic carbocycles.